The number of aliphatic hydroxyl groups is 1. The SMILES string of the molecule is CC(N)(CCCOc1ccccc1CO)C(=O)O. The van der Waals surface area contributed by atoms with Crippen LogP contribution in [-0.4, -0.2) is 28.3 Å². The Bertz CT molecular complexity index is 404. The fraction of sp³-hybridized carbons (Fsp3) is 0.462. The average molecular weight is 253 g/mol. The Labute approximate surface area is 106 Å². The van der Waals surface area contributed by atoms with Crippen LogP contribution in [-0.2, 0) is 11.4 Å². The number of nitrogens with two attached hydrogens (primary N) is 1. The van der Waals surface area contributed by atoms with Crippen molar-refractivity contribution < 1.29 is 19.7 Å². The minimum absolute atomic E-state index is 0.0834. The van der Waals surface area contributed by atoms with Crippen molar-refractivity contribution in [3.63, 3.8) is 0 Å². The Balaban J connectivity index is 2.41. The number of hydrogen-bond donors (Lipinski definition) is 3. The summed E-state index contributed by atoms with van der Waals surface area (Å²) in [4.78, 5) is 10.8. The molecular weight excluding hydrogens is 234 g/mol. The van der Waals surface area contributed by atoms with Gasteiger partial charge in [-0.1, -0.05) is 18.2 Å². The van der Waals surface area contributed by atoms with E-state index in [1.807, 2.05) is 12.1 Å². The average Bonchev–Trinajstić information content (AvgIpc) is 2.35. The fourth-order valence-corrected chi connectivity index (χ4v) is 1.50. The predicted octanol–water partition coefficient (Wildman–Crippen LogP) is 1.14. The smallest absolute Gasteiger partial charge is 0.323 e. The molecule has 0 radical (unpaired) electrons. The molecule has 0 spiro atoms. The lowest BCUT2D eigenvalue weighted by atomic mass is 9.98. The van der Waals surface area contributed by atoms with Crippen LogP contribution in [0, 0.1) is 0 Å². The van der Waals surface area contributed by atoms with Crippen LogP contribution >= 0.6 is 0 Å². The van der Waals surface area contributed by atoms with Crippen molar-refractivity contribution in [2.24, 2.45) is 5.73 Å². The van der Waals surface area contributed by atoms with Crippen LogP contribution in [0.3, 0.4) is 0 Å². The number of carboxylic acids is 1. The van der Waals surface area contributed by atoms with Crippen molar-refractivity contribution >= 4 is 5.97 Å². The third-order valence-electron chi connectivity index (χ3n) is 2.73. The van der Waals surface area contributed by atoms with E-state index < -0.39 is 11.5 Å². The molecule has 5 heteroatoms. The molecule has 1 aromatic carbocycles. The van der Waals surface area contributed by atoms with Gasteiger partial charge < -0.3 is 20.7 Å². The van der Waals surface area contributed by atoms with Gasteiger partial charge in [-0.15, -0.1) is 0 Å². The molecule has 100 valence electrons. The maximum atomic E-state index is 10.8. The number of ether oxygens (including phenoxy) is 1. The molecule has 0 saturated heterocycles. The van der Waals surface area contributed by atoms with E-state index in [2.05, 4.69) is 0 Å². The summed E-state index contributed by atoms with van der Waals surface area (Å²) in [6.45, 7) is 1.77. The number of para-hydroxylation sites is 1. The molecule has 1 atom stereocenters. The van der Waals surface area contributed by atoms with Gasteiger partial charge in [0.2, 0.25) is 0 Å². The lowest BCUT2D eigenvalue weighted by Gasteiger charge is -2.19. The molecule has 0 aliphatic rings. The first kappa shape index (κ1) is 14.5. The van der Waals surface area contributed by atoms with E-state index >= 15 is 0 Å². The first-order valence-electron chi connectivity index (χ1n) is 5.81. The van der Waals surface area contributed by atoms with Gasteiger partial charge in [0.1, 0.15) is 11.3 Å². The summed E-state index contributed by atoms with van der Waals surface area (Å²) in [5.74, 6) is -0.396. The highest BCUT2D eigenvalue weighted by Gasteiger charge is 2.26. The van der Waals surface area contributed by atoms with Crippen LogP contribution in [0.25, 0.3) is 0 Å². The molecule has 5 nitrogen and oxygen atoms in total. The second-order valence-corrected chi connectivity index (χ2v) is 4.44. The zero-order valence-corrected chi connectivity index (χ0v) is 10.4. The first-order chi connectivity index (χ1) is 8.47. The van der Waals surface area contributed by atoms with Crippen molar-refractivity contribution in [3.8, 4) is 5.75 Å². The van der Waals surface area contributed by atoms with Crippen molar-refractivity contribution in [2.45, 2.75) is 31.9 Å². The van der Waals surface area contributed by atoms with Gasteiger partial charge in [0.05, 0.1) is 13.2 Å². The van der Waals surface area contributed by atoms with Crippen molar-refractivity contribution in [1.29, 1.82) is 0 Å². The van der Waals surface area contributed by atoms with E-state index in [0.29, 0.717) is 30.8 Å². The van der Waals surface area contributed by atoms with E-state index in [0.717, 1.165) is 0 Å². The Kier molecular flexibility index (Phi) is 5.12. The lowest BCUT2D eigenvalue weighted by molar-refractivity contribution is -0.142. The maximum Gasteiger partial charge on any atom is 0.323 e. The molecule has 0 aliphatic carbocycles. The normalized spacial score (nSPS) is 13.9. The number of aliphatic carboxylic acids is 1. The Morgan fingerprint density at radius 2 is 2.11 bits per heavy atom. The predicted molar refractivity (Wildman–Crippen MR) is 67.3 cm³/mol. The molecule has 1 unspecified atom stereocenters. The third kappa shape index (κ3) is 4.01. The van der Waals surface area contributed by atoms with Gasteiger partial charge in [-0.3, -0.25) is 4.79 Å². The van der Waals surface area contributed by atoms with Crippen molar-refractivity contribution in [3.05, 3.63) is 29.8 Å². The largest absolute Gasteiger partial charge is 0.493 e. The molecule has 0 bridgehead atoms. The molecule has 18 heavy (non-hydrogen) atoms. The first-order valence-corrected chi connectivity index (χ1v) is 5.81. The highest BCUT2D eigenvalue weighted by molar-refractivity contribution is 5.77. The van der Waals surface area contributed by atoms with Crippen LogP contribution in [0.4, 0.5) is 0 Å². The summed E-state index contributed by atoms with van der Waals surface area (Å²) in [6, 6.07) is 7.18. The van der Waals surface area contributed by atoms with Gasteiger partial charge in [0, 0.05) is 5.56 Å². The topological polar surface area (TPSA) is 92.8 Å². The molecule has 0 aliphatic heterocycles. The summed E-state index contributed by atoms with van der Waals surface area (Å²) in [5.41, 5.74) is 5.09. The van der Waals surface area contributed by atoms with Gasteiger partial charge in [-0.05, 0) is 25.8 Å². The summed E-state index contributed by atoms with van der Waals surface area (Å²) in [6.07, 6.45) is 0.878. The second-order valence-electron chi connectivity index (χ2n) is 4.44. The van der Waals surface area contributed by atoms with Crippen LogP contribution in [0.2, 0.25) is 0 Å². The molecule has 1 aromatic rings. The van der Waals surface area contributed by atoms with Crippen LogP contribution in [0.15, 0.2) is 24.3 Å². The third-order valence-corrected chi connectivity index (χ3v) is 2.73. The second kappa shape index (κ2) is 6.37. The quantitative estimate of drug-likeness (QED) is 0.634. The minimum atomic E-state index is -1.22. The molecule has 0 heterocycles. The van der Waals surface area contributed by atoms with E-state index in [1.54, 1.807) is 12.1 Å². The summed E-state index contributed by atoms with van der Waals surface area (Å²) in [5, 5.41) is 17.9. The summed E-state index contributed by atoms with van der Waals surface area (Å²) < 4.78 is 5.49. The Morgan fingerprint density at radius 1 is 1.44 bits per heavy atom. The van der Waals surface area contributed by atoms with Crippen LogP contribution in [0.5, 0.6) is 5.75 Å². The van der Waals surface area contributed by atoms with Crippen LogP contribution in [0.1, 0.15) is 25.3 Å². The minimum Gasteiger partial charge on any atom is -0.493 e. The summed E-state index contributed by atoms with van der Waals surface area (Å²) in [7, 11) is 0. The monoisotopic (exact) mass is 253 g/mol. The van der Waals surface area contributed by atoms with E-state index in [-0.39, 0.29) is 6.61 Å². The van der Waals surface area contributed by atoms with E-state index in [9.17, 15) is 4.79 Å². The zero-order chi connectivity index (χ0) is 13.6. The van der Waals surface area contributed by atoms with Crippen molar-refractivity contribution in [1.82, 2.24) is 0 Å². The number of hydrogen-bond acceptors (Lipinski definition) is 4. The molecule has 0 fully saturated rings. The molecule has 0 aromatic heterocycles. The zero-order valence-electron chi connectivity index (χ0n) is 10.4. The lowest BCUT2D eigenvalue weighted by Crippen LogP contribution is -2.44. The van der Waals surface area contributed by atoms with Gasteiger partial charge in [-0.25, -0.2) is 0 Å². The summed E-state index contributed by atoms with van der Waals surface area (Å²) >= 11 is 0. The Hall–Kier alpha value is -1.59. The molecule has 0 amide bonds. The van der Waals surface area contributed by atoms with E-state index in [4.69, 9.17) is 20.7 Å². The molecule has 1 rings (SSSR count). The molecular formula is C13H19NO4. The van der Waals surface area contributed by atoms with Crippen molar-refractivity contribution in [2.75, 3.05) is 6.61 Å². The highest BCUT2D eigenvalue weighted by atomic mass is 16.5. The number of benzene rings is 1. The number of carbonyl (C=O) groups is 1. The fourth-order valence-electron chi connectivity index (χ4n) is 1.50. The molecule has 0 saturated carbocycles. The van der Waals surface area contributed by atoms with Crippen LogP contribution < -0.4 is 10.5 Å². The Morgan fingerprint density at radius 3 is 2.72 bits per heavy atom. The standard InChI is InChI=1S/C13H19NO4/c1-13(14,12(16)17)7-4-8-18-11-6-3-2-5-10(11)9-15/h2-3,5-6,15H,4,7-9,14H2,1H3,(H,16,17). The van der Waals surface area contributed by atoms with Gasteiger partial charge >= 0.3 is 5.97 Å². The number of carboxylic acid groups (broad SMARTS) is 1. The number of aliphatic hydroxyl groups excluding tert-OH is 1. The maximum absolute atomic E-state index is 10.8. The molecule has 4 N–H and O–H groups in total. The highest BCUT2D eigenvalue weighted by Crippen LogP contribution is 2.18. The van der Waals surface area contributed by atoms with Gasteiger partial charge in [-0.2, -0.15) is 0 Å². The van der Waals surface area contributed by atoms with E-state index in [1.165, 1.54) is 6.92 Å². The van der Waals surface area contributed by atoms with Gasteiger partial charge in [0.25, 0.3) is 0 Å². The van der Waals surface area contributed by atoms with Gasteiger partial charge in [0.15, 0.2) is 0 Å². The number of rotatable bonds is 7.